The number of hydrogen-bond acceptors (Lipinski definition) is 3. The molecule has 0 spiro atoms. The van der Waals surface area contributed by atoms with E-state index in [1.165, 1.54) is 0 Å². The van der Waals surface area contributed by atoms with Crippen LogP contribution in [0.25, 0.3) is 32.7 Å². The van der Waals surface area contributed by atoms with Gasteiger partial charge in [0, 0.05) is 23.2 Å². The quantitative estimate of drug-likeness (QED) is 0.312. The van der Waals surface area contributed by atoms with Crippen LogP contribution in [-0.4, -0.2) is 16.8 Å². The van der Waals surface area contributed by atoms with Crippen LogP contribution in [0.1, 0.15) is 27.7 Å². The van der Waals surface area contributed by atoms with E-state index in [-0.39, 0.29) is 12.1 Å². The molecule has 0 radical (unpaired) electrons. The van der Waals surface area contributed by atoms with Crippen molar-refractivity contribution in [3.63, 3.8) is 0 Å². The van der Waals surface area contributed by atoms with E-state index in [2.05, 4.69) is 24.3 Å². The topological polar surface area (TPSA) is 38.8 Å². The summed E-state index contributed by atoms with van der Waals surface area (Å²) in [6.45, 7) is 8.06. The van der Waals surface area contributed by atoms with Crippen LogP contribution in [0.4, 0.5) is 0 Å². The summed E-state index contributed by atoms with van der Waals surface area (Å²) in [5.74, 6) is 1.17. The Kier molecular flexibility index (Phi) is 4.80. The SMILES string of the molecule is CC(C)N(C(C)C)P1(=O)Oc2ccc3ccccc3c2-c2c(ccc3ccccc23)O1. The van der Waals surface area contributed by atoms with E-state index in [4.69, 9.17) is 9.05 Å². The molecule has 0 atom stereocenters. The second-order valence-corrected chi connectivity index (χ2v) is 10.3. The molecule has 0 unspecified atom stereocenters. The van der Waals surface area contributed by atoms with Crippen LogP contribution >= 0.6 is 7.75 Å². The van der Waals surface area contributed by atoms with Gasteiger partial charge in [-0.1, -0.05) is 60.7 Å². The zero-order valence-corrected chi connectivity index (χ0v) is 19.1. The van der Waals surface area contributed by atoms with E-state index in [1.807, 2.05) is 80.9 Å². The molecule has 0 aromatic heterocycles. The van der Waals surface area contributed by atoms with Gasteiger partial charge in [0.25, 0.3) is 0 Å². The first-order chi connectivity index (χ1) is 14.9. The number of nitrogens with zero attached hydrogens (tertiary/aromatic N) is 1. The van der Waals surface area contributed by atoms with Crippen molar-refractivity contribution < 1.29 is 13.6 Å². The normalized spacial score (nSPS) is 14.9. The molecule has 5 rings (SSSR count). The standard InChI is InChI=1S/C26H26NO3P/c1-17(2)27(18(3)4)31(28)29-23-15-13-19-9-5-7-11-21(19)25(23)26-22-12-8-6-10-20(22)14-16-24(26)30-31/h5-18H,1-4H3. The molecule has 4 aromatic carbocycles. The highest BCUT2D eigenvalue weighted by atomic mass is 31.2. The minimum Gasteiger partial charge on any atom is -0.404 e. The van der Waals surface area contributed by atoms with Gasteiger partial charge in [-0.15, -0.1) is 0 Å². The number of benzene rings is 4. The molecule has 5 heteroatoms. The second kappa shape index (κ2) is 7.40. The lowest BCUT2D eigenvalue weighted by Gasteiger charge is -2.34. The highest BCUT2D eigenvalue weighted by Crippen LogP contribution is 2.61. The smallest absolute Gasteiger partial charge is 0.404 e. The van der Waals surface area contributed by atoms with Crippen molar-refractivity contribution in [2.45, 2.75) is 39.8 Å². The van der Waals surface area contributed by atoms with Crippen LogP contribution in [0.5, 0.6) is 11.5 Å². The fourth-order valence-corrected chi connectivity index (χ4v) is 6.85. The summed E-state index contributed by atoms with van der Waals surface area (Å²) >= 11 is 0. The molecular formula is C26H26NO3P. The molecule has 0 N–H and O–H groups in total. The van der Waals surface area contributed by atoms with Crippen LogP contribution < -0.4 is 9.05 Å². The van der Waals surface area contributed by atoms with Gasteiger partial charge in [-0.05, 0) is 61.4 Å². The van der Waals surface area contributed by atoms with E-state index < -0.39 is 7.75 Å². The molecule has 0 fully saturated rings. The summed E-state index contributed by atoms with van der Waals surface area (Å²) in [5, 5.41) is 4.31. The number of fused-ring (bicyclic) bond motifs is 7. The lowest BCUT2D eigenvalue weighted by atomic mass is 9.92. The first kappa shape index (κ1) is 20.1. The van der Waals surface area contributed by atoms with Crippen molar-refractivity contribution in [1.29, 1.82) is 0 Å². The Morgan fingerprint density at radius 3 is 1.48 bits per heavy atom. The maximum atomic E-state index is 14.3. The highest BCUT2D eigenvalue weighted by molar-refractivity contribution is 7.52. The van der Waals surface area contributed by atoms with Gasteiger partial charge in [0.1, 0.15) is 11.5 Å². The molecule has 31 heavy (non-hydrogen) atoms. The monoisotopic (exact) mass is 431 g/mol. The zero-order valence-electron chi connectivity index (χ0n) is 18.2. The average Bonchev–Trinajstić information content (AvgIpc) is 2.86. The Bertz CT molecular complexity index is 1250. The van der Waals surface area contributed by atoms with E-state index in [9.17, 15) is 4.57 Å². The van der Waals surface area contributed by atoms with Gasteiger partial charge < -0.3 is 9.05 Å². The highest BCUT2D eigenvalue weighted by Gasteiger charge is 2.44. The third-order valence-electron chi connectivity index (χ3n) is 5.80. The summed E-state index contributed by atoms with van der Waals surface area (Å²) in [4.78, 5) is 0. The lowest BCUT2D eigenvalue weighted by molar-refractivity contribution is 0.224. The first-order valence-electron chi connectivity index (χ1n) is 10.7. The minimum atomic E-state index is -3.67. The van der Waals surface area contributed by atoms with Crippen molar-refractivity contribution in [1.82, 2.24) is 4.67 Å². The fourth-order valence-electron chi connectivity index (χ4n) is 4.69. The third kappa shape index (κ3) is 3.22. The lowest BCUT2D eigenvalue weighted by Crippen LogP contribution is -2.37. The van der Waals surface area contributed by atoms with Crippen LogP contribution in [0.2, 0.25) is 0 Å². The summed E-state index contributed by atoms with van der Waals surface area (Å²) in [7, 11) is -3.67. The van der Waals surface area contributed by atoms with E-state index in [0.717, 1.165) is 32.7 Å². The molecule has 0 bridgehead atoms. The number of hydrogen-bond donors (Lipinski definition) is 0. The Morgan fingerprint density at radius 2 is 1.06 bits per heavy atom. The van der Waals surface area contributed by atoms with Gasteiger partial charge in [-0.25, -0.2) is 4.57 Å². The van der Waals surface area contributed by atoms with Crippen LogP contribution in [0.3, 0.4) is 0 Å². The predicted octanol–water partition coefficient (Wildman–Crippen LogP) is 7.66. The molecule has 0 aliphatic carbocycles. The van der Waals surface area contributed by atoms with Crippen molar-refractivity contribution in [3.05, 3.63) is 72.8 Å². The van der Waals surface area contributed by atoms with Gasteiger partial charge in [-0.2, -0.15) is 4.67 Å². The van der Waals surface area contributed by atoms with Gasteiger partial charge in [0.2, 0.25) is 0 Å². The number of rotatable bonds is 3. The molecule has 1 aliphatic heterocycles. The molecule has 4 aromatic rings. The van der Waals surface area contributed by atoms with Crippen LogP contribution in [-0.2, 0) is 4.57 Å². The van der Waals surface area contributed by atoms with Gasteiger partial charge in [-0.3, -0.25) is 0 Å². The average molecular weight is 431 g/mol. The third-order valence-corrected chi connectivity index (χ3v) is 8.14. The van der Waals surface area contributed by atoms with Gasteiger partial charge in [0.15, 0.2) is 0 Å². The summed E-state index contributed by atoms with van der Waals surface area (Å²) in [5.41, 5.74) is 1.85. The van der Waals surface area contributed by atoms with Crippen molar-refractivity contribution in [2.75, 3.05) is 0 Å². The largest absolute Gasteiger partial charge is 0.516 e. The molecule has 0 amide bonds. The van der Waals surface area contributed by atoms with Crippen molar-refractivity contribution in [2.24, 2.45) is 0 Å². The summed E-state index contributed by atoms with van der Waals surface area (Å²) in [6, 6.07) is 24.3. The van der Waals surface area contributed by atoms with Crippen molar-refractivity contribution in [3.8, 4) is 22.6 Å². The molecule has 0 saturated heterocycles. The van der Waals surface area contributed by atoms with E-state index in [1.54, 1.807) is 0 Å². The Morgan fingerprint density at radius 1 is 0.645 bits per heavy atom. The Balaban J connectivity index is 1.90. The minimum absolute atomic E-state index is 0.0169. The maximum Gasteiger partial charge on any atom is 0.516 e. The second-order valence-electron chi connectivity index (χ2n) is 8.54. The van der Waals surface area contributed by atoms with Crippen LogP contribution in [0.15, 0.2) is 72.8 Å². The van der Waals surface area contributed by atoms with Gasteiger partial charge >= 0.3 is 7.75 Å². The van der Waals surface area contributed by atoms with Gasteiger partial charge in [0.05, 0.1) is 0 Å². The van der Waals surface area contributed by atoms with Crippen LogP contribution in [0, 0.1) is 0 Å². The Hall–Kier alpha value is -2.81. The van der Waals surface area contributed by atoms with Crippen molar-refractivity contribution >= 4 is 29.3 Å². The zero-order chi connectivity index (χ0) is 21.8. The van der Waals surface area contributed by atoms with E-state index >= 15 is 0 Å². The first-order valence-corrected chi connectivity index (χ1v) is 12.2. The Labute approximate surface area is 183 Å². The summed E-state index contributed by atoms with van der Waals surface area (Å²) in [6.07, 6.45) is 0. The molecule has 4 nitrogen and oxygen atoms in total. The van der Waals surface area contributed by atoms with E-state index in [0.29, 0.717) is 11.5 Å². The predicted molar refractivity (Wildman–Crippen MR) is 128 cm³/mol. The molecular weight excluding hydrogens is 405 g/mol. The molecule has 1 aliphatic rings. The molecule has 158 valence electrons. The maximum absolute atomic E-state index is 14.3. The fraction of sp³-hybridized carbons (Fsp3) is 0.231. The molecule has 1 heterocycles. The molecule has 0 saturated carbocycles. The summed E-state index contributed by atoms with van der Waals surface area (Å²) < 4.78 is 28.8.